The van der Waals surface area contributed by atoms with E-state index in [0.29, 0.717) is 25.2 Å². The Morgan fingerprint density at radius 2 is 1.82 bits per heavy atom. The molecule has 2 aromatic rings. The first-order chi connectivity index (χ1) is 18.4. The largest absolute Gasteiger partial charge is 0.410 e. The van der Waals surface area contributed by atoms with Crippen molar-refractivity contribution in [2.24, 2.45) is 5.16 Å². The van der Waals surface area contributed by atoms with E-state index in [2.05, 4.69) is 20.7 Å². The Hall–Kier alpha value is -4.25. The minimum Gasteiger partial charge on any atom is -0.410 e. The van der Waals surface area contributed by atoms with Crippen LogP contribution in [0.2, 0.25) is 0 Å². The summed E-state index contributed by atoms with van der Waals surface area (Å²) in [6.07, 6.45) is 0.665. The molecule has 0 bridgehead atoms. The Morgan fingerprint density at radius 1 is 1.08 bits per heavy atom. The van der Waals surface area contributed by atoms with E-state index in [1.54, 1.807) is 12.1 Å². The Balaban J connectivity index is 1.17. The van der Waals surface area contributed by atoms with Gasteiger partial charge in [-0.2, -0.15) is 0 Å². The Morgan fingerprint density at radius 3 is 2.53 bits per heavy atom. The highest BCUT2D eigenvalue weighted by Gasteiger charge is 2.39. The van der Waals surface area contributed by atoms with E-state index in [1.165, 1.54) is 4.90 Å². The van der Waals surface area contributed by atoms with E-state index in [4.69, 9.17) is 4.74 Å². The molecule has 0 aliphatic carbocycles. The van der Waals surface area contributed by atoms with E-state index in [-0.39, 0.29) is 43.5 Å². The number of fused-ring (bicyclic) bond motifs is 1. The summed E-state index contributed by atoms with van der Waals surface area (Å²) < 4.78 is 5.39. The molecule has 2 saturated heterocycles. The molecule has 0 radical (unpaired) electrons. The number of ether oxygens (including phenoxy) is 1. The molecule has 198 valence electrons. The fraction of sp³-hybridized carbons (Fsp3) is 0.370. The lowest BCUT2D eigenvalue weighted by molar-refractivity contribution is -0.137. The van der Waals surface area contributed by atoms with Crippen LogP contribution < -0.4 is 15.5 Å². The van der Waals surface area contributed by atoms with Gasteiger partial charge in [0.15, 0.2) is 0 Å². The van der Waals surface area contributed by atoms with Gasteiger partial charge in [-0.05, 0) is 41.3 Å². The van der Waals surface area contributed by atoms with Gasteiger partial charge in [0.2, 0.25) is 11.8 Å². The molecule has 4 amide bonds. The van der Waals surface area contributed by atoms with E-state index in [0.717, 1.165) is 35.5 Å². The molecule has 1 unspecified atom stereocenters. The Bertz CT molecular complexity index is 1290. The molecule has 0 saturated carbocycles. The number of morpholine rings is 1. The number of anilines is 1. The molecule has 3 heterocycles. The highest BCUT2D eigenvalue weighted by Crippen LogP contribution is 2.28. The number of imide groups is 1. The fourth-order valence-electron chi connectivity index (χ4n) is 5.02. The van der Waals surface area contributed by atoms with Crippen LogP contribution in [0.15, 0.2) is 47.6 Å². The first-order valence-electron chi connectivity index (χ1n) is 12.6. The summed E-state index contributed by atoms with van der Waals surface area (Å²) in [6, 6.07) is 12.4. The summed E-state index contributed by atoms with van der Waals surface area (Å²) in [5.74, 6) is -1.53. The van der Waals surface area contributed by atoms with Gasteiger partial charge in [-0.25, -0.2) is 0 Å². The second-order valence-corrected chi connectivity index (χ2v) is 9.56. The Labute approximate surface area is 219 Å². The van der Waals surface area contributed by atoms with Crippen LogP contribution in [0.5, 0.6) is 0 Å². The van der Waals surface area contributed by atoms with E-state index in [1.807, 2.05) is 30.3 Å². The van der Waals surface area contributed by atoms with Crippen molar-refractivity contribution in [3.05, 3.63) is 64.7 Å². The second kappa shape index (κ2) is 11.0. The van der Waals surface area contributed by atoms with Crippen LogP contribution in [0.1, 0.15) is 39.9 Å². The van der Waals surface area contributed by atoms with Gasteiger partial charge < -0.3 is 25.1 Å². The number of nitrogens with zero attached hydrogens (tertiary/aromatic N) is 3. The van der Waals surface area contributed by atoms with Gasteiger partial charge in [-0.3, -0.25) is 24.5 Å². The highest BCUT2D eigenvalue weighted by molar-refractivity contribution is 6.39. The third-order valence-electron chi connectivity index (χ3n) is 7.11. The van der Waals surface area contributed by atoms with Gasteiger partial charge in [0, 0.05) is 50.3 Å². The number of oxime groups is 1. The van der Waals surface area contributed by atoms with Crippen molar-refractivity contribution in [2.45, 2.75) is 38.4 Å². The number of carbonyl (C=O) groups is 4. The van der Waals surface area contributed by atoms with Crippen LogP contribution in [0.3, 0.4) is 0 Å². The van der Waals surface area contributed by atoms with Crippen LogP contribution >= 0.6 is 0 Å². The van der Waals surface area contributed by atoms with E-state index in [9.17, 15) is 24.4 Å². The molecule has 1 atom stereocenters. The summed E-state index contributed by atoms with van der Waals surface area (Å²) in [4.78, 5) is 53.0. The standard InChI is InChI=1S/C27H29N5O6/c33-24-8-7-23(26(35)29-24)32-16-19-13-18(3-6-21(19)27(32)36)15-28-25(34)22(30-37)14-17-1-4-20(5-2-17)31-9-11-38-12-10-31/h1-6,13,23,37H,7-12,14-16H2,(H,28,34)(H,29,33,35)/b30-22+. The van der Waals surface area contributed by atoms with Crippen molar-refractivity contribution in [3.8, 4) is 0 Å². The molecule has 3 aliphatic heterocycles. The molecule has 38 heavy (non-hydrogen) atoms. The summed E-state index contributed by atoms with van der Waals surface area (Å²) in [7, 11) is 0. The van der Waals surface area contributed by atoms with Gasteiger partial charge in [-0.15, -0.1) is 0 Å². The summed E-state index contributed by atoms with van der Waals surface area (Å²) in [6.45, 7) is 3.48. The molecule has 11 nitrogen and oxygen atoms in total. The molecule has 3 aliphatic rings. The number of hydrogen-bond acceptors (Lipinski definition) is 8. The lowest BCUT2D eigenvalue weighted by atomic mass is 10.0. The third kappa shape index (κ3) is 5.37. The molecule has 5 rings (SSSR count). The third-order valence-corrected chi connectivity index (χ3v) is 7.11. The number of rotatable bonds is 7. The lowest BCUT2D eigenvalue weighted by Crippen LogP contribution is -2.52. The van der Waals surface area contributed by atoms with Crippen LogP contribution in [-0.4, -0.2) is 71.8 Å². The molecule has 2 fully saturated rings. The number of carbonyl (C=O) groups excluding carboxylic acids is 4. The second-order valence-electron chi connectivity index (χ2n) is 9.56. The summed E-state index contributed by atoms with van der Waals surface area (Å²) >= 11 is 0. The quantitative estimate of drug-likeness (QED) is 0.214. The van der Waals surface area contributed by atoms with Gasteiger partial charge in [0.1, 0.15) is 11.8 Å². The van der Waals surface area contributed by atoms with Crippen molar-refractivity contribution in [3.63, 3.8) is 0 Å². The van der Waals surface area contributed by atoms with Gasteiger partial charge in [0.05, 0.1) is 13.2 Å². The average Bonchev–Trinajstić information content (AvgIpc) is 3.26. The molecule has 0 aromatic heterocycles. The predicted octanol–water partition coefficient (Wildman–Crippen LogP) is 0.973. The van der Waals surface area contributed by atoms with Crippen LogP contribution in [0.25, 0.3) is 0 Å². The topological polar surface area (TPSA) is 141 Å². The van der Waals surface area contributed by atoms with Crippen molar-refractivity contribution in [2.75, 3.05) is 31.2 Å². The number of hydrogen-bond donors (Lipinski definition) is 3. The predicted molar refractivity (Wildman–Crippen MR) is 137 cm³/mol. The maximum atomic E-state index is 12.9. The number of nitrogens with one attached hydrogen (secondary N) is 2. The van der Waals surface area contributed by atoms with Crippen molar-refractivity contribution >= 4 is 35.0 Å². The number of piperidine rings is 1. The molecular weight excluding hydrogens is 490 g/mol. The van der Waals surface area contributed by atoms with Crippen LogP contribution in [0.4, 0.5) is 5.69 Å². The average molecular weight is 520 g/mol. The number of amides is 4. The maximum absolute atomic E-state index is 12.9. The first-order valence-corrected chi connectivity index (χ1v) is 12.6. The molecule has 3 N–H and O–H groups in total. The van der Waals surface area contributed by atoms with Gasteiger partial charge in [-0.1, -0.05) is 29.4 Å². The van der Waals surface area contributed by atoms with E-state index >= 15 is 0 Å². The molecule has 0 spiro atoms. The smallest absolute Gasteiger partial charge is 0.269 e. The highest BCUT2D eigenvalue weighted by atomic mass is 16.5. The van der Waals surface area contributed by atoms with Gasteiger partial charge >= 0.3 is 0 Å². The zero-order valence-corrected chi connectivity index (χ0v) is 20.8. The van der Waals surface area contributed by atoms with Gasteiger partial charge in [0.25, 0.3) is 11.8 Å². The zero-order valence-electron chi connectivity index (χ0n) is 20.8. The van der Waals surface area contributed by atoms with Crippen LogP contribution in [0, 0.1) is 0 Å². The number of benzene rings is 2. The van der Waals surface area contributed by atoms with Crippen molar-refractivity contribution < 1.29 is 29.1 Å². The maximum Gasteiger partial charge on any atom is 0.269 e. The van der Waals surface area contributed by atoms with Crippen LogP contribution in [-0.2, 0) is 38.6 Å². The lowest BCUT2D eigenvalue weighted by Gasteiger charge is -2.29. The summed E-state index contributed by atoms with van der Waals surface area (Å²) in [5.41, 5.74) is 3.93. The van der Waals surface area contributed by atoms with Crippen molar-refractivity contribution in [1.29, 1.82) is 0 Å². The molecule has 2 aromatic carbocycles. The van der Waals surface area contributed by atoms with Crippen molar-refractivity contribution in [1.82, 2.24) is 15.5 Å². The SMILES string of the molecule is O=C1CCC(N2Cc3cc(CNC(=O)/C(Cc4ccc(N5CCOCC5)cc4)=N/O)ccc3C2=O)C(=O)N1. The zero-order chi connectivity index (χ0) is 26.6. The molecule has 11 heteroatoms. The minimum absolute atomic E-state index is 0.00973. The first kappa shape index (κ1) is 25.4. The normalized spacial score (nSPS) is 19.8. The minimum atomic E-state index is -0.679. The van der Waals surface area contributed by atoms with E-state index < -0.39 is 17.9 Å². The summed E-state index contributed by atoms with van der Waals surface area (Å²) in [5, 5.41) is 17.7. The molecular formula is C27H29N5O6. The monoisotopic (exact) mass is 519 g/mol. The Kier molecular flexibility index (Phi) is 7.36. The fourth-order valence-corrected chi connectivity index (χ4v) is 5.02.